The first-order valence-corrected chi connectivity index (χ1v) is 14.8. The summed E-state index contributed by atoms with van der Waals surface area (Å²) in [5, 5.41) is 19.0. The summed E-state index contributed by atoms with van der Waals surface area (Å²) in [5.74, 6) is -3.39. The summed E-state index contributed by atoms with van der Waals surface area (Å²) < 4.78 is 18.5. The SMILES string of the molecule is CCCO/N=C(/C(=O)NC1C(=O)N2C(C(=O)O)=C(COC(=O)N3CCN(C)CC3)C[S+]([O-])[C@H]12)c1csc(NC=O)n1. The van der Waals surface area contributed by atoms with E-state index in [0.717, 1.165) is 16.2 Å². The maximum atomic E-state index is 13.2. The van der Waals surface area contributed by atoms with E-state index >= 15 is 0 Å². The molecule has 4 heterocycles. The molecule has 16 nitrogen and oxygen atoms in total. The summed E-state index contributed by atoms with van der Waals surface area (Å²) in [6.07, 6.45) is 0.387. The lowest BCUT2D eigenvalue weighted by Crippen LogP contribution is -2.75. The monoisotopic (exact) mass is 611 g/mol. The summed E-state index contributed by atoms with van der Waals surface area (Å²) in [4.78, 5) is 75.2. The fourth-order valence-corrected chi connectivity index (χ4v) is 6.63. The Morgan fingerprint density at radius 1 is 1.32 bits per heavy atom. The first-order valence-electron chi connectivity index (χ1n) is 12.6. The Hall–Kier alpha value is -3.74. The van der Waals surface area contributed by atoms with Crippen molar-refractivity contribution in [1.82, 2.24) is 25.0 Å². The number of fused-ring (bicyclic) bond motifs is 1. The van der Waals surface area contributed by atoms with E-state index in [1.54, 1.807) is 0 Å². The van der Waals surface area contributed by atoms with Crippen LogP contribution in [0.3, 0.4) is 0 Å². The molecule has 2 fully saturated rings. The van der Waals surface area contributed by atoms with Gasteiger partial charge in [-0.2, -0.15) is 0 Å². The van der Waals surface area contributed by atoms with E-state index in [1.165, 1.54) is 10.3 Å². The lowest BCUT2D eigenvalue weighted by atomic mass is 10.0. The van der Waals surface area contributed by atoms with Crippen molar-refractivity contribution in [2.75, 3.05) is 57.5 Å². The first kappa shape index (κ1) is 30.2. The van der Waals surface area contributed by atoms with Gasteiger partial charge in [0.2, 0.25) is 11.8 Å². The van der Waals surface area contributed by atoms with Gasteiger partial charge in [-0.3, -0.25) is 19.3 Å². The second-order valence-corrected chi connectivity index (χ2v) is 11.6. The predicted molar refractivity (Wildman–Crippen MR) is 145 cm³/mol. The highest BCUT2D eigenvalue weighted by molar-refractivity contribution is 7.92. The van der Waals surface area contributed by atoms with Crippen molar-refractivity contribution in [2.24, 2.45) is 5.16 Å². The molecule has 222 valence electrons. The smallest absolute Gasteiger partial charge is 0.410 e. The van der Waals surface area contributed by atoms with Crippen LogP contribution in [0.25, 0.3) is 0 Å². The van der Waals surface area contributed by atoms with Crippen molar-refractivity contribution in [3.05, 3.63) is 22.3 Å². The molecule has 4 rings (SSSR count). The van der Waals surface area contributed by atoms with Crippen molar-refractivity contribution >= 4 is 63.6 Å². The number of amides is 4. The van der Waals surface area contributed by atoms with Gasteiger partial charge in [0, 0.05) is 37.1 Å². The Kier molecular flexibility index (Phi) is 9.79. The number of hydrogen-bond acceptors (Lipinski definition) is 12. The third-order valence-electron chi connectivity index (χ3n) is 6.42. The molecular weight excluding hydrogens is 582 g/mol. The van der Waals surface area contributed by atoms with E-state index in [-0.39, 0.29) is 34.5 Å². The number of β-lactam (4-membered cyclic amide) rings is 1. The largest absolute Gasteiger partial charge is 0.614 e. The number of anilines is 1. The minimum Gasteiger partial charge on any atom is -0.614 e. The van der Waals surface area contributed by atoms with E-state index in [2.05, 4.69) is 25.7 Å². The predicted octanol–water partition coefficient (Wildman–Crippen LogP) is -1.02. The number of aliphatic carboxylic acids is 1. The molecule has 0 aliphatic carbocycles. The number of carbonyl (C=O) groups excluding carboxylic acids is 4. The number of nitrogens with zero attached hydrogens (tertiary/aromatic N) is 5. The number of carbonyl (C=O) groups is 5. The van der Waals surface area contributed by atoms with Crippen molar-refractivity contribution in [3.63, 3.8) is 0 Å². The second-order valence-electron chi connectivity index (χ2n) is 9.25. The number of ether oxygens (including phenoxy) is 1. The number of nitrogens with one attached hydrogen (secondary N) is 2. The Morgan fingerprint density at radius 2 is 2.05 bits per heavy atom. The Morgan fingerprint density at radius 3 is 2.71 bits per heavy atom. The molecule has 0 bridgehead atoms. The normalized spacial score (nSPS) is 23.0. The molecule has 2 unspecified atom stereocenters. The van der Waals surface area contributed by atoms with Crippen LogP contribution in [0.5, 0.6) is 0 Å². The average molecular weight is 612 g/mol. The standard InChI is InChI=1S/C23H29N7O9S2/c1-3-8-39-27-15(14-10-40-22(25-14)24-12-31)18(32)26-16-19(33)30-17(21(34)35)13(11-41(37)20(16)30)9-38-23(36)29-6-4-28(2)5-7-29/h10,12,16,20H,3-9,11H2,1-2H3,(H,26,32)(H,34,35)(H,24,25,31)/b27-15+/t16?,20-,41?/m1/s1. The number of carboxylic acids is 1. The zero-order valence-corrected chi connectivity index (χ0v) is 23.9. The molecule has 4 amide bonds. The molecule has 41 heavy (non-hydrogen) atoms. The van der Waals surface area contributed by atoms with E-state index in [4.69, 9.17) is 9.57 Å². The van der Waals surface area contributed by atoms with Crippen LogP contribution < -0.4 is 10.6 Å². The maximum Gasteiger partial charge on any atom is 0.410 e. The Bertz CT molecular complexity index is 1260. The van der Waals surface area contributed by atoms with Crippen LogP contribution >= 0.6 is 11.3 Å². The van der Waals surface area contributed by atoms with Gasteiger partial charge < -0.3 is 39.7 Å². The highest BCUT2D eigenvalue weighted by atomic mass is 32.2. The number of aromatic nitrogens is 1. The number of likely N-dealkylation sites (N-methyl/N-ethyl adjacent to an activating group) is 1. The number of carboxylic acid groups (broad SMARTS) is 1. The van der Waals surface area contributed by atoms with Gasteiger partial charge in [0.1, 0.15) is 30.4 Å². The van der Waals surface area contributed by atoms with Gasteiger partial charge in [-0.1, -0.05) is 12.1 Å². The Balaban J connectivity index is 1.48. The number of rotatable bonds is 11. The molecule has 3 aliphatic rings. The van der Waals surface area contributed by atoms with Gasteiger partial charge >= 0.3 is 12.1 Å². The molecule has 3 atom stereocenters. The summed E-state index contributed by atoms with van der Waals surface area (Å²) in [5.41, 5.74) is -0.620. The lowest BCUT2D eigenvalue weighted by Gasteiger charge is -2.48. The average Bonchev–Trinajstić information content (AvgIpc) is 3.40. The van der Waals surface area contributed by atoms with Crippen molar-refractivity contribution < 1.29 is 43.2 Å². The maximum absolute atomic E-state index is 13.2. The summed E-state index contributed by atoms with van der Waals surface area (Å²) in [6, 6.07) is -1.31. The van der Waals surface area contributed by atoms with Crippen LogP contribution in [0, 0.1) is 0 Å². The third-order valence-corrected chi connectivity index (χ3v) is 8.85. The van der Waals surface area contributed by atoms with E-state index in [0.29, 0.717) is 39.0 Å². The van der Waals surface area contributed by atoms with E-state index in [9.17, 15) is 33.6 Å². The summed E-state index contributed by atoms with van der Waals surface area (Å²) in [7, 11) is 1.93. The fourth-order valence-electron chi connectivity index (χ4n) is 4.31. The highest BCUT2D eigenvalue weighted by Crippen LogP contribution is 2.37. The molecule has 1 aromatic rings. The molecule has 0 saturated carbocycles. The highest BCUT2D eigenvalue weighted by Gasteiger charge is 2.61. The molecule has 18 heteroatoms. The zero-order valence-electron chi connectivity index (χ0n) is 22.2. The van der Waals surface area contributed by atoms with Gasteiger partial charge in [-0.05, 0) is 24.6 Å². The number of oxime groups is 1. The first-order chi connectivity index (χ1) is 19.7. The van der Waals surface area contributed by atoms with Gasteiger partial charge in [0.25, 0.3) is 11.8 Å². The molecule has 3 aliphatic heterocycles. The van der Waals surface area contributed by atoms with Crippen LogP contribution in [-0.2, 0) is 39.9 Å². The summed E-state index contributed by atoms with van der Waals surface area (Å²) >= 11 is -0.796. The molecule has 1 aromatic heterocycles. The topological polar surface area (TPSA) is 206 Å². The fraction of sp³-hybridized carbons (Fsp3) is 0.522. The quantitative estimate of drug-likeness (QED) is 0.0689. The second kappa shape index (κ2) is 13.3. The molecular formula is C23H29N7O9S2. The van der Waals surface area contributed by atoms with Gasteiger partial charge in [0.15, 0.2) is 16.9 Å². The third kappa shape index (κ3) is 6.61. The summed E-state index contributed by atoms with van der Waals surface area (Å²) in [6.45, 7) is 3.80. The Labute approximate surface area is 241 Å². The molecule has 3 N–H and O–H groups in total. The van der Waals surface area contributed by atoms with Crippen molar-refractivity contribution in [3.8, 4) is 0 Å². The minimum absolute atomic E-state index is 0.0283. The van der Waals surface area contributed by atoms with E-state index in [1.807, 2.05) is 14.0 Å². The minimum atomic E-state index is -1.83. The van der Waals surface area contributed by atoms with Crippen LogP contribution in [-0.4, -0.2) is 129 Å². The number of thiazole rings is 1. The molecule has 0 aromatic carbocycles. The number of piperazine rings is 1. The van der Waals surface area contributed by atoms with Gasteiger partial charge in [-0.25, -0.2) is 14.6 Å². The van der Waals surface area contributed by atoms with Crippen molar-refractivity contribution in [2.45, 2.75) is 24.8 Å². The van der Waals surface area contributed by atoms with Gasteiger partial charge in [0.05, 0.1) is 0 Å². The molecule has 0 spiro atoms. The van der Waals surface area contributed by atoms with Crippen LogP contribution in [0.2, 0.25) is 0 Å². The molecule has 0 radical (unpaired) electrons. The van der Waals surface area contributed by atoms with Crippen molar-refractivity contribution in [1.29, 1.82) is 0 Å². The van der Waals surface area contributed by atoms with Crippen LogP contribution in [0.4, 0.5) is 9.93 Å². The van der Waals surface area contributed by atoms with Gasteiger partial charge in [-0.15, -0.1) is 11.3 Å². The molecule has 2 saturated heterocycles. The number of hydrogen-bond donors (Lipinski definition) is 3. The lowest BCUT2D eigenvalue weighted by molar-refractivity contribution is -0.150. The zero-order chi connectivity index (χ0) is 29.7. The van der Waals surface area contributed by atoms with E-state index < -0.39 is 58.8 Å². The van der Waals surface area contributed by atoms with Crippen LogP contribution in [0.15, 0.2) is 21.8 Å². The van der Waals surface area contributed by atoms with Crippen LogP contribution in [0.1, 0.15) is 19.0 Å².